The summed E-state index contributed by atoms with van der Waals surface area (Å²) >= 11 is 7.89. The van der Waals surface area contributed by atoms with Crippen molar-refractivity contribution in [2.45, 2.75) is 0 Å². The van der Waals surface area contributed by atoms with Gasteiger partial charge in [-0.1, -0.05) is 11.6 Å². The van der Waals surface area contributed by atoms with E-state index < -0.39 is 10.8 Å². The predicted molar refractivity (Wildman–Crippen MR) is 84.2 cm³/mol. The summed E-state index contributed by atoms with van der Waals surface area (Å²) in [5, 5.41) is 14.0. The smallest absolute Gasteiger partial charge is 0.287 e. The summed E-state index contributed by atoms with van der Waals surface area (Å²) in [5.41, 5.74) is 0.690. The van der Waals surface area contributed by atoms with E-state index in [2.05, 4.69) is 5.32 Å². The Balaban J connectivity index is 2.26. The number of aryl methyl sites for hydroxylation is 1. The lowest BCUT2D eigenvalue weighted by atomic mass is 10.3. The summed E-state index contributed by atoms with van der Waals surface area (Å²) < 4.78 is 2.20. The molecule has 0 atom stereocenters. The van der Waals surface area contributed by atoms with Crippen LogP contribution in [0.4, 0.5) is 11.4 Å². The number of aromatic nitrogens is 1. The van der Waals surface area contributed by atoms with Crippen molar-refractivity contribution in [2.75, 3.05) is 5.32 Å². The Morgan fingerprint density at radius 2 is 2.15 bits per heavy atom. The van der Waals surface area contributed by atoms with E-state index >= 15 is 0 Å². The van der Waals surface area contributed by atoms with Gasteiger partial charge in [0.05, 0.1) is 16.8 Å². The van der Waals surface area contributed by atoms with Crippen LogP contribution >= 0.6 is 34.2 Å². The van der Waals surface area contributed by atoms with E-state index in [0.717, 1.165) is 3.57 Å². The first-order chi connectivity index (χ1) is 9.38. The monoisotopic (exact) mass is 405 g/mol. The number of anilines is 1. The molecule has 0 aliphatic rings. The van der Waals surface area contributed by atoms with Crippen molar-refractivity contribution in [1.82, 2.24) is 4.57 Å². The third-order valence-corrected chi connectivity index (χ3v) is 3.74. The number of halogens is 2. The molecule has 1 aromatic carbocycles. The molecule has 20 heavy (non-hydrogen) atoms. The van der Waals surface area contributed by atoms with E-state index in [9.17, 15) is 14.9 Å². The van der Waals surface area contributed by atoms with Crippen molar-refractivity contribution in [3.8, 4) is 0 Å². The molecular formula is C12H9ClIN3O3. The highest BCUT2D eigenvalue weighted by atomic mass is 127. The average Bonchev–Trinajstić information content (AvgIpc) is 2.75. The molecule has 0 fully saturated rings. The van der Waals surface area contributed by atoms with Gasteiger partial charge in [-0.15, -0.1) is 0 Å². The normalized spacial score (nSPS) is 10.3. The van der Waals surface area contributed by atoms with Crippen LogP contribution in [0.15, 0.2) is 30.5 Å². The Hall–Kier alpha value is -1.61. The van der Waals surface area contributed by atoms with Gasteiger partial charge in [-0.25, -0.2) is 0 Å². The Kier molecular flexibility index (Phi) is 4.29. The molecule has 2 rings (SSSR count). The molecule has 6 nitrogen and oxygen atoms in total. The number of nitrogens with one attached hydrogen (secondary N) is 1. The van der Waals surface area contributed by atoms with Crippen LogP contribution in [0.3, 0.4) is 0 Å². The number of benzene rings is 1. The molecule has 1 amide bonds. The second-order valence-corrected chi connectivity index (χ2v) is 5.63. The summed E-state index contributed by atoms with van der Waals surface area (Å²) in [7, 11) is 1.58. The van der Waals surface area contributed by atoms with E-state index in [1.54, 1.807) is 25.2 Å². The molecule has 0 spiro atoms. The standard InChI is InChI=1S/C12H9ClIN3O3/c1-16-6-8(17(19)20)5-11(16)12(18)15-10-3-2-7(13)4-9(10)14/h2-6H,1H3,(H,15,18). The lowest BCUT2D eigenvalue weighted by Gasteiger charge is -2.08. The maximum Gasteiger partial charge on any atom is 0.287 e. The van der Waals surface area contributed by atoms with Gasteiger partial charge in [0.25, 0.3) is 11.6 Å². The van der Waals surface area contributed by atoms with Crippen LogP contribution in [0.25, 0.3) is 0 Å². The van der Waals surface area contributed by atoms with Crippen LogP contribution in [-0.2, 0) is 7.05 Å². The van der Waals surface area contributed by atoms with E-state index in [0.29, 0.717) is 10.7 Å². The summed E-state index contributed by atoms with van der Waals surface area (Å²) in [6, 6.07) is 6.29. The largest absolute Gasteiger partial charge is 0.340 e. The third-order valence-electron chi connectivity index (χ3n) is 2.61. The first-order valence-electron chi connectivity index (χ1n) is 5.45. The number of carbonyl (C=O) groups is 1. The number of nitro groups is 1. The number of amides is 1. The number of nitrogens with zero attached hydrogens (tertiary/aromatic N) is 2. The predicted octanol–water partition coefficient (Wildman–Crippen LogP) is 3.44. The average molecular weight is 406 g/mol. The maximum atomic E-state index is 12.1. The fourth-order valence-electron chi connectivity index (χ4n) is 1.65. The van der Waals surface area contributed by atoms with Crippen molar-refractivity contribution < 1.29 is 9.72 Å². The topological polar surface area (TPSA) is 77.2 Å². The molecule has 0 saturated heterocycles. The zero-order valence-electron chi connectivity index (χ0n) is 10.3. The second-order valence-electron chi connectivity index (χ2n) is 4.03. The van der Waals surface area contributed by atoms with Crippen LogP contribution < -0.4 is 5.32 Å². The lowest BCUT2D eigenvalue weighted by Crippen LogP contribution is -2.15. The van der Waals surface area contributed by atoms with Gasteiger partial charge in [-0.3, -0.25) is 14.9 Å². The highest BCUT2D eigenvalue weighted by Crippen LogP contribution is 2.23. The third kappa shape index (κ3) is 3.10. The fraction of sp³-hybridized carbons (Fsp3) is 0.0833. The SMILES string of the molecule is Cn1cc([N+](=O)[O-])cc1C(=O)Nc1ccc(Cl)cc1I. The Morgan fingerprint density at radius 3 is 2.70 bits per heavy atom. The van der Waals surface area contributed by atoms with Crippen LogP contribution in [0.1, 0.15) is 10.5 Å². The zero-order valence-corrected chi connectivity index (χ0v) is 13.2. The van der Waals surface area contributed by atoms with Crippen LogP contribution in [-0.4, -0.2) is 15.4 Å². The molecule has 1 N–H and O–H groups in total. The maximum absolute atomic E-state index is 12.1. The minimum Gasteiger partial charge on any atom is -0.340 e. The molecule has 0 aliphatic carbocycles. The molecule has 0 radical (unpaired) electrons. The van der Waals surface area contributed by atoms with Crippen molar-refractivity contribution in [1.29, 1.82) is 0 Å². The minimum atomic E-state index is -0.539. The number of hydrogen-bond donors (Lipinski definition) is 1. The lowest BCUT2D eigenvalue weighted by molar-refractivity contribution is -0.384. The van der Waals surface area contributed by atoms with Gasteiger partial charge in [0.15, 0.2) is 0 Å². The molecule has 104 valence electrons. The van der Waals surface area contributed by atoms with Crippen molar-refractivity contribution in [2.24, 2.45) is 7.05 Å². The molecule has 8 heteroatoms. The zero-order chi connectivity index (χ0) is 14.9. The number of hydrogen-bond acceptors (Lipinski definition) is 3. The van der Waals surface area contributed by atoms with E-state index in [-0.39, 0.29) is 11.4 Å². The van der Waals surface area contributed by atoms with E-state index in [1.165, 1.54) is 16.8 Å². The highest BCUT2D eigenvalue weighted by molar-refractivity contribution is 14.1. The highest BCUT2D eigenvalue weighted by Gasteiger charge is 2.18. The summed E-state index contributed by atoms with van der Waals surface area (Å²) in [6.45, 7) is 0. The van der Waals surface area contributed by atoms with Gasteiger partial charge in [0.2, 0.25) is 0 Å². The van der Waals surface area contributed by atoms with Crippen LogP contribution in [0.2, 0.25) is 5.02 Å². The number of rotatable bonds is 3. The number of carbonyl (C=O) groups excluding carboxylic acids is 1. The van der Waals surface area contributed by atoms with Gasteiger partial charge in [0.1, 0.15) is 5.69 Å². The van der Waals surface area contributed by atoms with Gasteiger partial charge in [-0.05, 0) is 40.8 Å². The summed E-state index contributed by atoms with van der Waals surface area (Å²) in [4.78, 5) is 22.3. The molecular weight excluding hydrogens is 397 g/mol. The van der Waals surface area contributed by atoms with Crippen molar-refractivity contribution >= 4 is 51.5 Å². The summed E-state index contributed by atoms with van der Waals surface area (Å²) in [6.07, 6.45) is 1.29. The first kappa shape index (κ1) is 14.8. The Bertz CT molecular complexity index is 699. The van der Waals surface area contributed by atoms with Gasteiger partial charge >= 0.3 is 0 Å². The fourth-order valence-corrected chi connectivity index (χ4v) is 2.66. The Labute approximate surface area is 133 Å². The summed E-state index contributed by atoms with van der Waals surface area (Å²) in [5.74, 6) is -0.416. The first-order valence-corrected chi connectivity index (χ1v) is 6.91. The van der Waals surface area contributed by atoms with Crippen LogP contribution in [0.5, 0.6) is 0 Å². The second kappa shape index (κ2) is 5.80. The molecule has 1 aromatic heterocycles. The van der Waals surface area contributed by atoms with Crippen molar-refractivity contribution in [3.63, 3.8) is 0 Å². The van der Waals surface area contributed by atoms with Crippen LogP contribution in [0, 0.1) is 13.7 Å². The van der Waals surface area contributed by atoms with E-state index in [4.69, 9.17) is 11.6 Å². The van der Waals surface area contributed by atoms with Crippen molar-refractivity contribution in [3.05, 3.63) is 54.9 Å². The molecule has 2 aromatic rings. The Morgan fingerprint density at radius 1 is 1.45 bits per heavy atom. The van der Waals surface area contributed by atoms with Gasteiger partial charge in [0, 0.05) is 21.7 Å². The molecule has 1 heterocycles. The molecule has 0 aliphatic heterocycles. The quantitative estimate of drug-likeness (QED) is 0.483. The minimum absolute atomic E-state index is 0.122. The molecule has 0 saturated carbocycles. The van der Waals surface area contributed by atoms with Gasteiger partial charge in [-0.2, -0.15) is 0 Å². The molecule has 0 unspecified atom stereocenters. The molecule has 0 bridgehead atoms. The van der Waals surface area contributed by atoms with E-state index in [1.807, 2.05) is 22.6 Å². The van der Waals surface area contributed by atoms with Gasteiger partial charge < -0.3 is 9.88 Å².